The number of hydrogen-bond donors (Lipinski definition) is 1. The Morgan fingerprint density at radius 3 is 2.71 bits per heavy atom. The number of carbonyl (C=O) groups excluding carboxylic acids is 1. The Kier molecular flexibility index (Phi) is 7.63. The average molecular weight is 422 g/mol. The zero-order valence-corrected chi connectivity index (χ0v) is 17.5. The van der Waals surface area contributed by atoms with E-state index in [1.807, 2.05) is 18.2 Å². The molecule has 1 unspecified atom stereocenters. The molecule has 0 radical (unpaired) electrons. The van der Waals surface area contributed by atoms with E-state index in [2.05, 4.69) is 6.07 Å². The minimum Gasteiger partial charge on any atom is -0.489 e. The molecule has 1 aliphatic heterocycles. The standard InChI is InChI=1S/C24H26N2O5/c1-30-12-2-3-20(14-23(27)28)26-11-10-19-13-21(8-9-22(19)24(26)29)31-16-18-6-4-17(15-25)5-7-18/h4-9,13,20H,2-3,10-12,14,16H2,1H3,(H,27,28). The zero-order valence-electron chi connectivity index (χ0n) is 17.5. The molecule has 0 spiro atoms. The molecule has 0 bridgehead atoms. The van der Waals surface area contributed by atoms with Gasteiger partial charge in [0.15, 0.2) is 0 Å². The number of carboxylic acids is 1. The fourth-order valence-corrected chi connectivity index (χ4v) is 3.80. The third-order valence-electron chi connectivity index (χ3n) is 5.42. The largest absolute Gasteiger partial charge is 0.489 e. The summed E-state index contributed by atoms with van der Waals surface area (Å²) in [7, 11) is 1.61. The van der Waals surface area contributed by atoms with Crippen molar-refractivity contribution in [3.05, 3.63) is 64.7 Å². The van der Waals surface area contributed by atoms with Crippen LogP contribution in [0.4, 0.5) is 0 Å². The SMILES string of the molecule is COCCCC(CC(=O)O)N1CCc2cc(OCc3ccc(C#N)cc3)ccc2C1=O. The minimum absolute atomic E-state index is 0.0728. The third-order valence-corrected chi connectivity index (χ3v) is 5.42. The molecular weight excluding hydrogens is 396 g/mol. The van der Waals surface area contributed by atoms with E-state index in [9.17, 15) is 14.7 Å². The minimum atomic E-state index is -0.910. The maximum Gasteiger partial charge on any atom is 0.305 e. The van der Waals surface area contributed by atoms with Gasteiger partial charge < -0.3 is 19.5 Å². The van der Waals surface area contributed by atoms with E-state index in [0.717, 1.165) is 11.1 Å². The molecule has 162 valence electrons. The molecule has 2 aromatic carbocycles. The lowest BCUT2D eigenvalue weighted by Crippen LogP contribution is -2.45. The number of carbonyl (C=O) groups is 2. The summed E-state index contributed by atoms with van der Waals surface area (Å²) in [6.07, 6.45) is 1.87. The average Bonchev–Trinajstić information content (AvgIpc) is 2.77. The second kappa shape index (κ2) is 10.6. The molecule has 1 amide bonds. The van der Waals surface area contributed by atoms with Crippen LogP contribution in [-0.4, -0.2) is 48.2 Å². The molecule has 0 fully saturated rings. The predicted molar refractivity (Wildman–Crippen MR) is 114 cm³/mol. The first-order valence-electron chi connectivity index (χ1n) is 10.3. The summed E-state index contributed by atoms with van der Waals surface area (Å²) in [5, 5.41) is 18.1. The van der Waals surface area contributed by atoms with Gasteiger partial charge in [-0.1, -0.05) is 12.1 Å². The monoisotopic (exact) mass is 422 g/mol. The number of rotatable bonds is 10. The lowest BCUT2D eigenvalue weighted by Gasteiger charge is -2.35. The first-order valence-corrected chi connectivity index (χ1v) is 10.3. The van der Waals surface area contributed by atoms with Crippen molar-refractivity contribution in [2.75, 3.05) is 20.3 Å². The molecule has 0 saturated carbocycles. The van der Waals surface area contributed by atoms with Crippen LogP contribution in [0.25, 0.3) is 0 Å². The van der Waals surface area contributed by atoms with Crippen molar-refractivity contribution in [1.29, 1.82) is 5.26 Å². The normalized spacial score (nSPS) is 13.9. The van der Waals surface area contributed by atoms with Crippen LogP contribution in [0.1, 0.15) is 46.3 Å². The summed E-state index contributed by atoms with van der Waals surface area (Å²) in [6.45, 7) is 1.38. The summed E-state index contributed by atoms with van der Waals surface area (Å²) in [6, 6.07) is 14.3. The second-order valence-corrected chi connectivity index (χ2v) is 7.55. The van der Waals surface area contributed by atoms with E-state index >= 15 is 0 Å². The zero-order chi connectivity index (χ0) is 22.2. The highest BCUT2D eigenvalue weighted by Gasteiger charge is 2.31. The summed E-state index contributed by atoms with van der Waals surface area (Å²) >= 11 is 0. The van der Waals surface area contributed by atoms with Crippen LogP contribution in [0.2, 0.25) is 0 Å². The van der Waals surface area contributed by atoms with Gasteiger partial charge in [0, 0.05) is 31.9 Å². The number of fused-ring (bicyclic) bond motifs is 1. The van der Waals surface area contributed by atoms with Crippen LogP contribution in [0.15, 0.2) is 42.5 Å². The van der Waals surface area contributed by atoms with Crippen molar-refractivity contribution in [3.8, 4) is 11.8 Å². The van der Waals surface area contributed by atoms with Crippen LogP contribution in [0.3, 0.4) is 0 Å². The van der Waals surface area contributed by atoms with E-state index in [4.69, 9.17) is 14.7 Å². The van der Waals surface area contributed by atoms with Gasteiger partial charge in [-0.15, -0.1) is 0 Å². The Bertz CT molecular complexity index is 965. The van der Waals surface area contributed by atoms with E-state index in [0.29, 0.717) is 55.9 Å². The maximum absolute atomic E-state index is 13.1. The van der Waals surface area contributed by atoms with Gasteiger partial charge in [0.2, 0.25) is 0 Å². The lowest BCUT2D eigenvalue weighted by atomic mass is 9.95. The second-order valence-electron chi connectivity index (χ2n) is 7.55. The topological polar surface area (TPSA) is 99.9 Å². The fraction of sp³-hybridized carbons (Fsp3) is 0.375. The Balaban J connectivity index is 1.67. The van der Waals surface area contributed by atoms with Crippen LogP contribution in [-0.2, 0) is 22.6 Å². The van der Waals surface area contributed by atoms with E-state index in [1.165, 1.54) is 0 Å². The van der Waals surface area contributed by atoms with E-state index in [-0.39, 0.29) is 18.4 Å². The Labute approximate surface area is 181 Å². The van der Waals surface area contributed by atoms with Crippen molar-refractivity contribution >= 4 is 11.9 Å². The molecule has 1 atom stereocenters. The molecular formula is C24H26N2O5. The maximum atomic E-state index is 13.1. The van der Waals surface area contributed by atoms with E-state index < -0.39 is 5.97 Å². The van der Waals surface area contributed by atoms with Gasteiger partial charge in [-0.05, 0) is 60.7 Å². The first-order chi connectivity index (χ1) is 15.0. The predicted octanol–water partition coefficient (Wildman–Crippen LogP) is 3.41. The lowest BCUT2D eigenvalue weighted by molar-refractivity contribution is -0.138. The van der Waals surface area contributed by atoms with Crippen molar-refractivity contribution in [2.24, 2.45) is 0 Å². The highest BCUT2D eigenvalue weighted by molar-refractivity contribution is 5.97. The number of methoxy groups -OCH3 is 1. The highest BCUT2D eigenvalue weighted by Crippen LogP contribution is 2.27. The number of carboxylic acid groups (broad SMARTS) is 1. The molecule has 7 heteroatoms. The highest BCUT2D eigenvalue weighted by atomic mass is 16.5. The molecule has 1 aliphatic rings. The Hall–Kier alpha value is -3.37. The molecule has 1 N–H and O–H groups in total. The van der Waals surface area contributed by atoms with Gasteiger partial charge >= 0.3 is 5.97 Å². The van der Waals surface area contributed by atoms with Crippen LogP contribution in [0.5, 0.6) is 5.75 Å². The summed E-state index contributed by atoms with van der Waals surface area (Å²) < 4.78 is 10.9. The van der Waals surface area contributed by atoms with Crippen LogP contribution < -0.4 is 4.74 Å². The van der Waals surface area contributed by atoms with Gasteiger partial charge in [-0.25, -0.2) is 0 Å². The number of amides is 1. The molecule has 2 aromatic rings. The van der Waals surface area contributed by atoms with Crippen molar-refractivity contribution in [2.45, 2.75) is 38.3 Å². The number of benzene rings is 2. The van der Waals surface area contributed by atoms with Gasteiger partial charge in [-0.3, -0.25) is 9.59 Å². The Morgan fingerprint density at radius 1 is 1.26 bits per heavy atom. The summed E-state index contributed by atoms with van der Waals surface area (Å²) in [5.74, 6) is -0.373. The summed E-state index contributed by atoms with van der Waals surface area (Å²) in [5.41, 5.74) is 3.05. The van der Waals surface area contributed by atoms with Crippen molar-refractivity contribution < 1.29 is 24.2 Å². The van der Waals surface area contributed by atoms with Crippen LogP contribution in [0, 0.1) is 11.3 Å². The molecule has 31 heavy (non-hydrogen) atoms. The van der Waals surface area contributed by atoms with Gasteiger partial charge in [0.25, 0.3) is 5.91 Å². The number of nitrogens with zero attached hydrogens (tertiary/aromatic N) is 2. The Morgan fingerprint density at radius 2 is 2.03 bits per heavy atom. The quantitative estimate of drug-likeness (QED) is 0.589. The summed E-state index contributed by atoms with van der Waals surface area (Å²) in [4.78, 5) is 26.0. The van der Waals surface area contributed by atoms with E-state index in [1.54, 1.807) is 36.3 Å². The molecule has 0 aliphatic carbocycles. The number of ether oxygens (including phenoxy) is 2. The van der Waals surface area contributed by atoms with Gasteiger partial charge in [0.05, 0.1) is 18.1 Å². The number of hydrogen-bond acceptors (Lipinski definition) is 5. The number of nitriles is 1. The van der Waals surface area contributed by atoms with Gasteiger partial charge in [0.1, 0.15) is 12.4 Å². The molecule has 3 rings (SSSR count). The van der Waals surface area contributed by atoms with Crippen molar-refractivity contribution in [1.82, 2.24) is 4.90 Å². The fourth-order valence-electron chi connectivity index (χ4n) is 3.80. The van der Waals surface area contributed by atoms with Gasteiger partial charge in [-0.2, -0.15) is 5.26 Å². The third kappa shape index (κ3) is 5.83. The number of aliphatic carboxylic acids is 1. The van der Waals surface area contributed by atoms with Crippen molar-refractivity contribution in [3.63, 3.8) is 0 Å². The van der Waals surface area contributed by atoms with Crippen LogP contribution >= 0.6 is 0 Å². The molecule has 0 saturated heterocycles. The smallest absolute Gasteiger partial charge is 0.305 e. The first kappa shape index (κ1) is 22.3. The molecule has 0 aromatic heterocycles. The molecule has 7 nitrogen and oxygen atoms in total. The molecule has 1 heterocycles.